The van der Waals surface area contributed by atoms with Gasteiger partial charge in [-0.1, -0.05) is 57.1 Å². The molecular formula is C15H7BrClFN4S. The van der Waals surface area contributed by atoms with E-state index in [0.29, 0.717) is 16.3 Å². The Morgan fingerprint density at radius 1 is 1.13 bits per heavy atom. The van der Waals surface area contributed by atoms with E-state index in [1.165, 1.54) is 23.5 Å². The maximum Gasteiger partial charge on any atom is 0.235 e. The van der Waals surface area contributed by atoms with Crippen molar-refractivity contribution in [3.05, 3.63) is 57.8 Å². The fraction of sp³-hybridized carbons (Fsp3) is 0. The second-order valence-electron chi connectivity index (χ2n) is 4.73. The van der Waals surface area contributed by atoms with E-state index in [1.807, 2.05) is 24.3 Å². The summed E-state index contributed by atoms with van der Waals surface area (Å²) in [6.45, 7) is 0. The Morgan fingerprint density at radius 3 is 2.74 bits per heavy atom. The van der Waals surface area contributed by atoms with Gasteiger partial charge in [-0.3, -0.25) is 0 Å². The van der Waals surface area contributed by atoms with E-state index in [4.69, 9.17) is 11.6 Å². The van der Waals surface area contributed by atoms with Crippen LogP contribution in [0.2, 0.25) is 5.02 Å². The molecule has 23 heavy (non-hydrogen) atoms. The first kappa shape index (κ1) is 14.7. The molecule has 2 aromatic heterocycles. The van der Waals surface area contributed by atoms with E-state index < -0.39 is 5.82 Å². The van der Waals surface area contributed by atoms with Crippen LogP contribution in [0.15, 0.2) is 46.9 Å². The lowest BCUT2D eigenvalue weighted by Crippen LogP contribution is -1.92. The summed E-state index contributed by atoms with van der Waals surface area (Å²) in [4.78, 5) is 0.659. The zero-order valence-corrected chi connectivity index (χ0v) is 14.5. The van der Waals surface area contributed by atoms with E-state index in [0.717, 1.165) is 15.0 Å². The second kappa shape index (κ2) is 5.67. The molecule has 0 aliphatic heterocycles. The van der Waals surface area contributed by atoms with Crippen molar-refractivity contribution in [2.75, 3.05) is 0 Å². The molecule has 0 fully saturated rings. The Kier molecular flexibility index (Phi) is 3.63. The molecule has 0 saturated carbocycles. The third-order valence-corrected chi connectivity index (χ3v) is 5.19. The van der Waals surface area contributed by atoms with Gasteiger partial charge in [0.15, 0.2) is 5.82 Å². The molecule has 0 unspecified atom stereocenters. The normalized spacial score (nSPS) is 11.3. The van der Waals surface area contributed by atoms with E-state index >= 15 is 0 Å². The predicted octanol–water partition coefficient (Wildman–Crippen LogP) is 5.07. The van der Waals surface area contributed by atoms with Crippen LogP contribution in [0.5, 0.6) is 0 Å². The van der Waals surface area contributed by atoms with Gasteiger partial charge in [0.2, 0.25) is 4.96 Å². The van der Waals surface area contributed by atoms with Crippen LogP contribution in [0.1, 0.15) is 0 Å². The minimum Gasteiger partial charge on any atom is -0.205 e. The highest BCUT2D eigenvalue weighted by atomic mass is 79.9. The van der Waals surface area contributed by atoms with Crippen molar-refractivity contribution in [2.45, 2.75) is 0 Å². The molecule has 4 nitrogen and oxygen atoms in total. The summed E-state index contributed by atoms with van der Waals surface area (Å²) in [5.74, 6) is 0.0554. The van der Waals surface area contributed by atoms with Crippen LogP contribution in [0.4, 0.5) is 4.39 Å². The molecule has 4 rings (SSSR count). The fourth-order valence-electron chi connectivity index (χ4n) is 2.18. The van der Waals surface area contributed by atoms with Crippen molar-refractivity contribution in [2.24, 2.45) is 0 Å². The first-order valence-corrected chi connectivity index (χ1v) is 8.55. The van der Waals surface area contributed by atoms with Gasteiger partial charge in [0.1, 0.15) is 10.8 Å². The summed E-state index contributed by atoms with van der Waals surface area (Å²) in [5, 5.41) is 13.7. The van der Waals surface area contributed by atoms with Crippen LogP contribution in [0.3, 0.4) is 0 Å². The average molecular weight is 410 g/mol. The topological polar surface area (TPSA) is 43.1 Å². The fourth-order valence-corrected chi connectivity index (χ4v) is 3.84. The summed E-state index contributed by atoms with van der Waals surface area (Å²) in [6, 6.07) is 12.3. The number of rotatable bonds is 2. The number of fused-ring (bicyclic) bond motifs is 1. The second-order valence-corrected chi connectivity index (χ2v) is 6.95. The molecule has 0 aliphatic carbocycles. The van der Waals surface area contributed by atoms with Crippen LogP contribution < -0.4 is 0 Å². The zero-order chi connectivity index (χ0) is 16.0. The van der Waals surface area contributed by atoms with Crippen molar-refractivity contribution >= 4 is 43.8 Å². The molecule has 0 atom stereocenters. The van der Waals surface area contributed by atoms with E-state index in [9.17, 15) is 4.39 Å². The summed E-state index contributed by atoms with van der Waals surface area (Å²) < 4.78 is 15.9. The molecule has 0 saturated heterocycles. The molecule has 8 heteroatoms. The van der Waals surface area contributed by atoms with Gasteiger partial charge in [0.05, 0.1) is 5.02 Å². The molecule has 0 spiro atoms. The molecule has 0 N–H and O–H groups in total. The summed E-state index contributed by atoms with van der Waals surface area (Å²) in [5.41, 5.74) is 1.64. The van der Waals surface area contributed by atoms with Crippen molar-refractivity contribution in [1.29, 1.82) is 0 Å². The highest BCUT2D eigenvalue weighted by Gasteiger charge is 2.16. The maximum absolute atomic E-state index is 13.3. The molecule has 114 valence electrons. The number of halogens is 3. The number of hydrogen-bond acceptors (Lipinski definition) is 4. The summed E-state index contributed by atoms with van der Waals surface area (Å²) in [7, 11) is 0. The standard InChI is InChI=1S/C15H7BrClFN4S/c16-10-4-2-1-3-9(10)14-21-22-13(19-20-15(22)23-14)8-5-6-12(18)11(17)7-8/h1-7H. The van der Waals surface area contributed by atoms with Crippen LogP contribution in [0.25, 0.3) is 26.9 Å². The van der Waals surface area contributed by atoms with E-state index in [-0.39, 0.29) is 5.02 Å². The van der Waals surface area contributed by atoms with Crippen molar-refractivity contribution in [3.8, 4) is 22.0 Å². The van der Waals surface area contributed by atoms with Crippen molar-refractivity contribution < 1.29 is 4.39 Å². The SMILES string of the molecule is Fc1ccc(-c2nnc3sc(-c4ccccc4Br)nn23)cc1Cl. The quantitative estimate of drug-likeness (QED) is 0.464. The van der Waals surface area contributed by atoms with Crippen LogP contribution >= 0.6 is 38.9 Å². The predicted molar refractivity (Wildman–Crippen MR) is 92.2 cm³/mol. The van der Waals surface area contributed by atoms with E-state index in [1.54, 1.807) is 10.6 Å². The Labute approximate surface area is 147 Å². The Hall–Kier alpha value is -1.83. The maximum atomic E-state index is 13.3. The first-order valence-electron chi connectivity index (χ1n) is 6.56. The lowest BCUT2D eigenvalue weighted by atomic mass is 10.2. The van der Waals surface area contributed by atoms with Crippen molar-refractivity contribution in [1.82, 2.24) is 19.8 Å². The molecule has 2 aromatic carbocycles. The number of hydrogen-bond donors (Lipinski definition) is 0. The average Bonchev–Trinajstić information content (AvgIpc) is 3.11. The number of benzene rings is 2. The summed E-state index contributed by atoms with van der Waals surface area (Å²) >= 11 is 10.8. The molecule has 2 heterocycles. The molecule has 0 bridgehead atoms. The van der Waals surface area contributed by atoms with Gasteiger partial charge in [-0.25, -0.2) is 4.39 Å². The monoisotopic (exact) mass is 408 g/mol. The van der Waals surface area contributed by atoms with Gasteiger partial charge in [-0.05, 0) is 24.3 Å². The third-order valence-electron chi connectivity index (χ3n) is 3.27. The van der Waals surface area contributed by atoms with Crippen LogP contribution in [-0.2, 0) is 0 Å². The van der Waals surface area contributed by atoms with Crippen LogP contribution in [0, 0.1) is 5.82 Å². The Bertz CT molecular complexity index is 1030. The lowest BCUT2D eigenvalue weighted by molar-refractivity contribution is 0.628. The van der Waals surface area contributed by atoms with Gasteiger partial charge < -0.3 is 0 Å². The minimum absolute atomic E-state index is 0.0421. The Morgan fingerprint density at radius 2 is 1.96 bits per heavy atom. The largest absolute Gasteiger partial charge is 0.235 e. The highest BCUT2D eigenvalue weighted by Crippen LogP contribution is 2.33. The molecule has 0 aliphatic rings. The summed E-state index contributed by atoms with van der Waals surface area (Å²) in [6.07, 6.45) is 0. The van der Waals surface area contributed by atoms with Gasteiger partial charge in [0.25, 0.3) is 0 Å². The molecule has 0 amide bonds. The molecular weight excluding hydrogens is 403 g/mol. The lowest BCUT2D eigenvalue weighted by Gasteiger charge is -2.00. The van der Waals surface area contributed by atoms with Gasteiger partial charge in [-0.2, -0.15) is 9.61 Å². The Balaban J connectivity index is 1.87. The molecule has 0 radical (unpaired) electrons. The number of nitrogens with zero attached hydrogens (tertiary/aromatic N) is 4. The molecule has 4 aromatic rings. The van der Waals surface area contributed by atoms with E-state index in [2.05, 4.69) is 31.2 Å². The van der Waals surface area contributed by atoms with Gasteiger partial charge >= 0.3 is 0 Å². The first-order chi connectivity index (χ1) is 11.1. The van der Waals surface area contributed by atoms with Crippen molar-refractivity contribution in [3.63, 3.8) is 0 Å². The number of aromatic nitrogens is 4. The zero-order valence-electron chi connectivity index (χ0n) is 11.4. The van der Waals surface area contributed by atoms with Gasteiger partial charge in [0, 0.05) is 15.6 Å². The smallest absolute Gasteiger partial charge is 0.205 e. The van der Waals surface area contributed by atoms with Gasteiger partial charge in [-0.15, -0.1) is 10.2 Å². The van der Waals surface area contributed by atoms with Crippen LogP contribution in [-0.4, -0.2) is 19.8 Å². The highest BCUT2D eigenvalue weighted by molar-refractivity contribution is 9.10. The minimum atomic E-state index is -0.469. The third kappa shape index (κ3) is 2.54.